The third-order valence-electron chi connectivity index (χ3n) is 2.74. The standard InChI is InChI=1S/C16H22ClNO4/c1-16(2,3)22-15(20)11-18(14(19)9-17)10-12-5-7-13(21-4)8-6-12/h5-8H,9-11H2,1-4H3. The van der Waals surface area contributed by atoms with Crippen LogP contribution in [0.3, 0.4) is 0 Å². The monoisotopic (exact) mass is 327 g/mol. The molecular formula is C16H22ClNO4. The van der Waals surface area contributed by atoms with Crippen LogP contribution in [0.2, 0.25) is 0 Å². The van der Waals surface area contributed by atoms with Crippen molar-refractivity contribution >= 4 is 23.5 Å². The molecule has 0 unspecified atom stereocenters. The summed E-state index contributed by atoms with van der Waals surface area (Å²) in [6.07, 6.45) is 0. The molecule has 0 spiro atoms. The summed E-state index contributed by atoms with van der Waals surface area (Å²) in [5, 5.41) is 0. The molecule has 22 heavy (non-hydrogen) atoms. The largest absolute Gasteiger partial charge is 0.497 e. The quantitative estimate of drug-likeness (QED) is 0.595. The summed E-state index contributed by atoms with van der Waals surface area (Å²) in [7, 11) is 1.58. The highest BCUT2D eigenvalue weighted by Gasteiger charge is 2.21. The number of halogens is 1. The van der Waals surface area contributed by atoms with Gasteiger partial charge in [-0.05, 0) is 38.5 Å². The Bertz CT molecular complexity index is 508. The number of hydrogen-bond acceptors (Lipinski definition) is 4. The number of rotatable bonds is 6. The third kappa shape index (κ3) is 6.35. The molecule has 0 bridgehead atoms. The first-order valence-corrected chi connectivity index (χ1v) is 7.47. The van der Waals surface area contributed by atoms with Crippen LogP contribution >= 0.6 is 11.6 Å². The normalized spacial score (nSPS) is 11.0. The first kappa shape index (κ1) is 18.3. The SMILES string of the molecule is COc1ccc(CN(CC(=O)OC(C)(C)C)C(=O)CCl)cc1. The van der Waals surface area contributed by atoms with Crippen molar-refractivity contribution in [3.8, 4) is 5.75 Å². The molecular weight excluding hydrogens is 306 g/mol. The van der Waals surface area contributed by atoms with Gasteiger partial charge >= 0.3 is 5.97 Å². The van der Waals surface area contributed by atoms with Gasteiger partial charge in [0.2, 0.25) is 5.91 Å². The van der Waals surface area contributed by atoms with E-state index >= 15 is 0 Å². The Balaban J connectivity index is 2.75. The van der Waals surface area contributed by atoms with Gasteiger partial charge in [0.15, 0.2) is 0 Å². The van der Waals surface area contributed by atoms with Crippen molar-refractivity contribution in [1.82, 2.24) is 4.90 Å². The number of alkyl halides is 1. The fourth-order valence-electron chi connectivity index (χ4n) is 1.80. The average molecular weight is 328 g/mol. The van der Waals surface area contributed by atoms with E-state index in [-0.39, 0.29) is 24.9 Å². The lowest BCUT2D eigenvalue weighted by Crippen LogP contribution is -2.39. The summed E-state index contributed by atoms with van der Waals surface area (Å²) in [5.74, 6) is -0.229. The molecule has 0 N–H and O–H groups in total. The minimum Gasteiger partial charge on any atom is -0.497 e. The van der Waals surface area contributed by atoms with E-state index in [9.17, 15) is 9.59 Å². The number of nitrogens with zero attached hydrogens (tertiary/aromatic N) is 1. The van der Waals surface area contributed by atoms with Gasteiger partial charge in [0.25, 0.3) is 0 Å². The number of hydrogen-bond donors (Lipinski definition) is 0. The third-order valence-corrected chi connectivity index (χ3v) is 2.97. The Hall–Kier alpha value is -1.75. The molecule has 1 amide bonds. The highest BCUT2D eigenvalue weighted by Crippen LogP contribution is 2.14. The molecule has 1 rings (SSSR count). The number of benzene rings is 1. The Morgan fingerprint density at radius 1 is 1.18 bits per heavy atom. The maximum Gasteiger partial charge on any atom is 0.326 e. The van der Waals surface area contributed by atoms with Crippen LogP contribution in [0.25, 0.3) is 0 Å². The maximum atomic E-state index is 11.9. The first-order valence-electron chi connectivity index (χ1n) is 6.93. The van der Waals surface area contributed by atoms with Crippen molar-refractivity contribution in [3.05, 3.63) is 29.8 Å². The fourth-order valence-corrected chi connectivity index (χ4v) is 1.97. The molecule has 0 aliphatic heterocycles. The van der Waals surface area contributed by atoms with Gasteiger partial charge in [-0.2, -0.15) is 0 Å². The van der Waals surface area contributed by atoms with E-state index in [2.05, 4.69) is 0 Å². The number of carbonyl (C=O) groups excluding carboxylic acids is 2. The molecule has 1 aromatic rings. The molecule has 0 aliphatic carbocycles. The van der Waals surface area contributed by atoms with Crippen molar-refractivity contribution in [3.63, 3.8) is 0 Å². The summed E-state index contributed by atoms with van der Waals surface area (Å²) in [4.78, 5) is 25.2. The first-order chi connectivity index (χ1) is 10.2. The van der Waals surface area contributed by atoms with E-state index in [0.29, 0.717) is 0 Å². The summed E-state index contributed by atoms with van der Waals surface area (Å²) < 4.78 is 10.3. The van der Waals surface area contributed by atoms with Crippen LogP contribution in [0.4, 0.5) is 0 Å². The van der Waals surface area contributed by atoms with Crippen LogP contribution in [0, 0.1) is 0 Å². The molecule has 5 nitrogen and oxygen atoms in total. The second-order valence-electron chi connectivity index (χ2n) is 5.82. The van der Waals surface area contributed by atoms with E-state index in [1.165, 1.54) is 4.90 Å². The molecule has 0 radical (unpaired) electrons. The number of amides is 1. The van der Waals surface area contributed by atoms with E-state index in [0.717, 1.165) is 11.3 Å². The Morgan fingerprint density at radius 3 is 2.23 bits per heavy atom. The van der Waals surface area contributed by atoms with Crippen LogP contribution in [0.15, 0.2) is 24.3 Å². The predicted octanol–water partition coefficient (Wildman–Crippen LogP) is 2.60. The van der Waals surface area contributed by atoms with Gasteiger partial charge in [-0.1, -0.05) is 12.1 Å². The van der Waals surface area contributed by atoms with Crippen molar-refractivity contribution < 1.29 is 19.1 Å². The lowest BCUT2D eigenvalue weighted by atomic mass is 10.2. The Kier molecular flexibility index (Phi) is 6.68. The average Bonchev–Trinajstić information content (AvgIpc) is 2.44. The fraction of sp³-hybridized carbons (Fsp3) is 0.500. The van der Waals surface area contributed by atoms with Crippen molar-refractivity contribution in [2.75, 3.05) is 19.5 Å². The van der Waals surface area contributed by atoms with E-state index in [4.69, 9.17) is 21.1 Å². The smallest absolute Gasteiger partial charge is 0.326 e. The van der Waals surface area contributed by atoms with E-state index in [1.807, 2.05) is 12.1 Å². The minimum absolute atomic E-state index is 0.130. The zero-order valence-corrected chi connectivity index (χ0v) is 14.1. The van der Waals surface area contributed by atoms with Gasteiger partial charge in [-0.3, -0.25) is 9.59 Å². The topological polar surface area (TPSA) is 55.8 Å². The van der Waals surface area contributed by atoms with E-state index in [1.54, 1.807) is 40.0 Å². The Morgan fingerprint density at radius 2 is 1.77 bits per heavy atom. The number of esters is 1. The van der Waals surface area contributed by atoms with Crippen molar-refractivity contribution in [2.24, 2.45) is 0 Å². The zero-order chi connectivity index (χ0) is 16.8. The molecule has 0 saturated carbocycles. The Labute approximate surface area is 136 Å². The molecule has 0 heterocycles. The summed E-state index contributed by atoms with van der Waals surface area (Å²) >= 11 is 5.61. The van der Waals surface area contributed by atoms with E-state index < -0.39 is 11.6 Å². The van der Waals surface area contributed by atoms with Gasteiger partial charge in [0.05, 0.1) is 7.11 Å². The number of carbonyl (C=O) groups is 2. The summed E-state index contributed by atoms with van der Waals surface area (Å²) in [6, 6.07) is 7.27. The molecule has 6 heteroatoms. The highest BCUT2D eigenvalue weighted by atomic mass is 35.5. The molecule has 0 aromatic heterocycles. The van der Waals surface area contributed by atoms with Crippen LogP contribution in [0.1, 0.15) is 26.3 Å². The molecule has 1 aromatic carbocycles. The van der Waals surface area contributed by atoms with Gasteiger partial charge in [-0.25, -0.2) is 0 Å². The number of ether oxygens (including phenoxy) is 2. The van der Waals surface area contributed by atoms with Crippen molar-refractivity contribution in [2.45, 2.75) is 32.9 Å². The highest BCUT2D eigenvalue weighted by molar-refractivity contribution is 6.27. The van der Waals surface area contributed by atoms with Gasteiger partial charge < -0.3 is 14.4 Å². The molecule has 0 fully saturated rings. The second-order valence-corrected chi connectivity index (χ2v) is 6.09. The summed E-state index contributed by atoms with van der Waals surface area (Å²) in [6.45, 7) is 5.50. The predicted molar refractivity (Wildman–Crippen MR) is 85.0 cm³/mol. The molecule has 0 atom stereocenters. The minimum atomic E-state index is -0.590. The van der Waals surface area contributed by atoms with Gasteiger partial charge in [0.1, 0.15) is 23.8 Å². The lowest BCUT2D eigenvalue weighted by Gasteiger charge is -2.25. The molecule has 122 valence electrons. The van der Waals surface area contributed by atoms with Crippen LogP contribution in [-0.4, -0.2) is 41.9 Å². The number of methoxy groups -OCH3 is 1. The van der Waals surface area contributed by atoms with Crippen LogP contribution < -0.4 is 4.74 Å². The second kappa shape index (κ2) is 8.03. The van der Waals surface area contributed by atoms with Crippen molar-refractivity contribution in [1.29, 1.82) is 0 Å². The van der Waals surface area contributed by atoms with Crippen LogP contribution in [0.5, 0.6) is 5.75 Å². The van der Waals surface area contributed by atoms with Gasteiger partial charge in [0, 0.05) is 6.54 Å². The van der Waals surface area contributed by atoms with Gasteiger partial charge in [-0.15, -0.1) is 11.6 Å². The van der Waals surface area contributed by atoms with Crippen LogP contribution in [-0.2, 0) is 20.9 Å². The summed E-state index contributed by atoms with van der Waals surface area (Å²) in [5.41, 5.74) is 0.287. The zero-order valence-electron chi connectivity index (χ0n) is 13.4. The molecule has 0 saturated heterocycles. The maximum absolute atomic E-state index is 11.9. The molecule has 0 aliphatic rings. The lowest BCUT2D eigenvalue weighted by molar-refractivity contribution is -0.158.